The summed E-state index contributed by atoms with van der Waals surface area (Å²) in [6.07, 6.45) is 1.77. The number of nitrogens with zero attached hydrogens (tertiary/aromatic N) is 2. The Hall–Kier alpha value is -3.15. The molecule has 0 unspecified atom stereocenters. The highest BCUT2D eigenvalue weighted by molar-refractivity contribution is 6.04. The van der Waals surface area contributed by atoms with Crippen molar-refractivity contribution in [3.8, 4) is 0 Å². The third-order valence-electron chi connectivity index (χ3n) is 3.23. The van der Waals surface area contributed by atoms with E-state index in [0.29, 0.717) is 23.6 Å². The summed E-state index contributed by atoms with van der Waals surface area (Å²) in [7, 11) is 0. The van der Waals surface area contributed by atoms with Gasteiger partial charge < -0.3 is 10.1 Å². The Morgan fingerprint density at radius 1 is 1.17 bits per heavy atom. The monoisotopic (exact) mass is 309 g/mol. The molecule has 0 bridgehead atoms. The van der Waals surface area contributed by atoms with Crippen LogP contribution in [0.2, 0.25) is 0 Å². The largest absolute Gasteiger partial charge is 0.462 e. The van der Waals surface area contributed by atoms with Gasteiger partial charge in [0.1, 0.15) is 0 Å². The average Bonchev–Trinajstić information content (AvgIpc) is 2.99. The number of anilines is 1. The Morgan fingerprint density at radius 3 is 2.83 bits per heavy atom. The third kappa shape index (κ3) is 3.21. The van der Waals surface area contributed by atoms with Crippen LogP contribution in [0.1, 0.15) is 27.8 Å². The van der Waals surface area contributed by atoms with Gasteiger partial charge in [-0.3, -0.25) is 4.79 Å². The normalized spacial score (nSPS) is 10.5. The first kappa shape index (κ1) is 14.8. The molecule has 2 aromatic heterocycles. The lowest BCUT2D eigenvalue weighted by atomic mass is 10.2. The zero-order valence-electron chi connectivity index (χ0n) is 12.5. The molecule has 6 nitrogen and oxygen atoms in total. The summed E-state index contributed by atoms with van der Waals surface area (Å²) < 4.78 is 6.57. The lowest BCUT2D eigenvalue weighted by Crippen LogP contribution is -2.13. The van der Waals surface area contributed by atoms with Crippen LogP contribution in [0.15, 0.2) is 54.7 Å². The van der Waals surface area contributed by atoms with Crippen LogP contribution in [0, 0.1) is 0 Å². The van der Waals surface area contributed by atoms with Crippen LogP contribution in [0.5, 0.6) is 0 Å². The smallest absolute Gasteiger partial charge is 0.338 e. The predicted octanol–water partition coefficient (Wildman–Crippen LogP) is 2.76. The first-order valence-electron chi connectivity index (χ1n) is 7.20. The fraction of sp³-hybridized carbons (Fsp3) is 0.118. The molecule has 0 saturated heterocycles. The number of amides is 1. The quantitative estimate of drug-likeness (QED) is 0.752. The van der Waals surface area contributed by atoms with E-state index in [-0.39, 0.29) is 5.91 Å². The molecular formula is C17H15N3O3. The average molecular weight is 309 g/mol. The van der Waals surface area contributed by atoms with Gasteiger partial charge in [0.15, 0.2) is 5.69 Å². The summed E-state index contributed by atoms with van der Waals surface area (Å²) in [5.74, 6) is -0.758. The van der Waals surface area contributed by atoms with Gasteiger partial charge in [-0.05, 0) is 43.3 Å². The van der Waals surface area contributed by atoms with Gasteiger partial charge in [0, 0.05) is 11.9 Å². The molecule has 1 N–H and O–H groups in total. The predicted molar refractivity (Wildman–Crippen MR) is 85.5 cm³/mol. The summed E-state index contributed by atoms with van der Waals surface area (Å²) in [5, 5.41) is 6.94. The molecule has 0 aliphatic carbocycles. The van der Waals surface area contributed by atoms with E-state index in [0.717, 1.165) is 5.52 Å². The lowest BCUT2D eigenvalue weighted by Gasteiger charge is -2.06. The minimum Gasteiger partial charge on any atom is -0.462 e. The molecule has 3 aromatic rings. The van der Waals surface area contributed by atoms with Crippen molar-refractivity contribution >= 4 is 23.1 Å². The molecule has 2 heterocycles. The Kier molecular flexibility index (Phi) is 4.05. The number of hydrogen-bond acceptors (Lipinski definition) is 4. The maximum absolute atomic E-state index is 12.3. The number of aromatic nitrogens is 2. The molecule has 23 heavy (non-hydrogen) atoms. The van der Waals surface area contributed by atoms with Crippen LogP contribution in [-0.2, 0) is 4.74 Å². The Balaban J connectivity index is 1.79. The number of esters is 1. The number of pyridine rings is 1. The minimum atomic E-state index is -0.420. The minimum absolute atomic E-state index is 0.302. The molecule has 0 spiro atoms. The second kappa shape index (κ2) is 6.31. The van der Waals surface area contributed by atoms with Crippen LogP contribution in [-0.4, -0.2) is 28.1 Å². The topological polar surface area (TPSA) is 72.7 Å². The van der Waals surface area contributed by atoms with Gasteiger partial charge in [-0.2, -0.15) is 5.10 Å². The second-order valence-electron chi connectivity index (χ2n) is 4.86. The Labute approximate surface area is 132 Å². The fourth-order valence-electron chi connectivity index (χ4n) is 2.18. The summed E-state index contributed by atoms with van der Waals surface area (Å²) in [5.41, 5.74) is 2.04. The van der Waals surface area contributed by atoms with Gasteiger partial charge in [0.05, 0.1) is 17.7 Å². The van der Waals surface area contributed by atoms with Crippen molar-refractivity contribution in [2.24, 2.45) is 0 Å². The number of fused-ring (bicyclic) bond motifs is 1. The molecule has 0 saturated carbocycles. The molecular weight excluding hydrogens is 294 g/mol. The molecule has 6 heteroatoms. The molecule has 0 aliphatic heterocycles. The number of ether oxygens (including phenoxy) is 1. The van der Waals surface area contributed by atoms with Crippen molar-refractivity contribution in [3.05, 3.63) is 66.0 Å². The van der Waals surface area contributed by atoms with Crippen molar-refractivity contribution in [1.29, 1.82) is 0 Å². The number of carbonyl (C=O) groups excluding carboxylic acids is 2. The van der Waals surface area contributed by atoms with E-state index in [1.807, 2.05) is 18.2 Å². The van der Waals surface area contributed by atoms with Crippen molar-refractivity contribution < 1.29 is 14.3 Å². The van der Waals surface area contributed by atoms with Crippen molar-refractivity contribution in [2.75, 3.05) is 11.9 Å². The number of benzene rings is 1. The van der Waals surface area contributed by atoms with E-state index in [2.05, 4.69) is 10.4 Å². The molecule has 1 amide bonds. The van der Waals surface area contributed by atoms with Crippen molar-refractivity contribution in [1.82, 2.24) is 9.61 Å². The molecule has 1 aromatic carbocycles. The highest BCUT2D eigenvalue weighted by atomic mass is 16.5. The third-order valence-corrected chi connectivity index (χ3v) is 3.23. The number of carbonyl (C=O) groups is 2. The first-order valence-corrected chi connectivity index (χ1v) is 7.20. The molecule has 116 valence electrons. The van der Waals surface area contributed by atoms with Gasteiger partial charge in [-0.15, -0.1) is 0 Å². The van der Waals surface area contributed by atoms with Crippen LogP contribution in [0.4, 0.5) is 5.69 Å². The van der Waals surface area contributed by atoms with E-state index in [1.165, 1.54) is 0 Å². The van der Waals surface area contributed by atoms with E-state index in [4.69, 9.17) is 4.74 Å². The van der Waals surface area contributed by atoms with Gasteiger partial charge in [-0.25, -0.2) is 9.31 Å². The summed E-state index contributed by atoms with van der Waals surface area (Å²) in [4.78, 5) is 24.0. The maximum Gasteiger partial charge on any atom is 0.338 e. The van der Waals surface area contributed by atoms with Crippen molar-refractivity contribution in [2.45, 2.75) is 6.92 Å². The number of rotatable bonds is 4. The molecule has 0 radical (unpaired) electrons. The SMILES string of the molecule is CCOC(=O)c1cccc(NC(=O)c2cc3ccccn3n2)c1. The highest BCUT2D eigenvalue weighted by Gasteiger charge is 2.12. The van der Waals surface area contributed by atoms with Gasteiger partial charge >= 0.3 is 5.97 Å². The zero-order chi connectivity index (χ0) is 16.2. The zero-order valence-corrected chi connectivity index (χ0v) is 12.5. The molecule has 0 fully saturated rings. The van der Waals surface area contributed by atoms with Crippen LogP contribution >= 0.6 is 0 Å². The van der Waals surface area contributed by atoms with Crippen LogP contribution in [0.3, 0.4) is 0 Å². The molecule has 3 rings (SSSR count). The summed E-state index contributed by atoms with van der Waals surface area (Å²) in [6.45, 7) is 2.05. The van der Waals surface area contributed by atoms with E-state index < -0.39 is 5.97 Å². The summed E-state index contributed by atoms with van der Waals surface area (Å²) >= 11 is 0. The second-order valence-corrected chi connectivity index (χ2v) is 4.86. The Morgan fingerprint density at radius 2 is 2.04 bits per heavy atom. The van der Waals surface area contributed by atoms with Gasteiger partial charge in [-0.1, -0.05) is 12.1 Å². The first-order chi connectivity index (χ1) is 11.2. The standard InChI is InChI=1S/C17H15N3O3/c1-2-23-17(22)12-6-5-7-13(10-12)18-16(21)15-11-14-8-3-4-9-20(14)19-15/h3-11H,2H2,1H3,(H,18,21). The Bertz CT molecular complexity index is 837. The van der Waals surface area contributed by atoms with Crippen LogP contribution < -0.4 is 5.32 Å². The molecule has 0 atom stereocenters. The number of hydrogen-bond donors (Lipinski definition) is 1. The number of nitrogens with one attached hydrogen (secondary N) is 1. The van der Waals surface area contributed by atoms with E-state index >= 15 is 0 Å². The van der Waals surface area contributed by atoms with Gasteiger partial charge in [0.25, 0.3) is 5.91 Å². The van der Waals surface area contributed by atoms with Crippen LogP contribution in [0.25, 0.3) is 5.52 Å². The maximum atomic E-state index is 12.3. The molecule has 0 aliphatic rings. The van der Waals surface area contributed by atoms with E-state index in [1.54, 1.807) is 48.0 Å². The van der Waals surface area contributed by atoms with E-state index in [9.17, 15) is 9.59 Å². The van der Waals surface area contributed by atoms with Crippen molar-refractivity contribution in [3.63, 3.8) is 0 Å². The van der Waals surface area contributed by atoms with Gasteiger partial charge in [0.2, 0.25) is 0 Å². The summed E-state index contributed by atoms with van der Waals surface area (Å²) in [6, 6.07) is 13.9. The lowest BCUT2D eigenvalue weighted by molar-refractivity contribution is 0.0526. The fourth-order valence-corrected chi connectivity index (χ4v) is 2.18. The highest BCUT2D eigenvalue weighted by Crippen LogP contribution is 2.14.